The van der Waals surface area contributed by atoms with E-state index in [1.54, 1.807) is 17.3 Å². The fourth-order valence-corrected chi connectivity index (χ4v) is 4.07. The largest absolute Gasteiger partial charge is 0.444 e. The molecule has 0 unspecified atom stereocenters. The van der Waals surface area contributed by atoms with Gasteiger partial charge in [-0.05, 0) is 52.2 Å². The van der Waals surface area contributed by atoms with Crippen LogP contribution in [0.4, 0.5) is 27.9 Å². The predicted molar refractivity (Wildman–Crippen MR) is 130 cm³/mol. The van der Waals surface area contributed by atoms with E-state index in [9.17, 15) is 10.1 Å². The molecule has 34 heavy (non-hydrogen) atoms. The molecule has 2 aromatic heterocycles. The second-order valence-corrected chi connectivity index (χ2v) is 9.57. The van der Waals surface area contributed by atoms with Gasteiger partial charge < -0.3 is 24.8 Å². The summed E-state index contributed by atoms with van der Waals surface area (Å²) in [5, 5.41) is 12.6. The Kier molecular flexibility index (Phi) is 7.01. The number of hydrogen-bond donors (Lipinski definition) is 1. The number of piperidine rings is 1. The fraction of sp³-hybridized carbons (Fsp3) is 0.542. The topological polar surface area (TPSA) is 111 Å². The van der Waals surface area contributed by atoms with Crippen LogP contribution in [-0.2, 0) is 4.74 Å². The van der Waals surface area contributed by atoms with Crippen molar-refractivity contribution in [1.29, 1.82) is 5.26 Å². The van der Waals surface area contributed by atoms with Gasteiger partial charge in [-0.2, -0.15) is 5.26 Å². The van der Waals surface area contributed by atoms with Gasteiger partial charge in [-0.25, -0.2) is 19.7 Å². The molecule has 2 aliphatic rings. The number of carbonyl (C=O) groups is 1. The number of aromatic nitrogens is 3. The van der Waals surface area contributed by atoms with Crippen LogP contribution in [0.3, 0.4) is 0 Å². The molecule has 10 nitrogen and oxygen atoms in total. The van der Waals surface area contributed by atoms with Gasteiger partial charge in [0.05, 0.1) is 18.1 Å². The maximum absolute atomic E-state index is 12.3. The van der Waals surface area contributed by atoms with E-state index in [1.165, 1.54) is 6.42 Å². The van der Waals surface area contributed by atoms with E-state index in [2.05, 4.69) is 36.1 Å². The smallest absolute Gasteiger partial charge is 0.410 e. The molecule has 1 N–H and O–H groups in total. The Hall–Kier alpha value is -3.61. The van der Waals surface area contributed by atoms with Crippen LogP contribution in [-0.4, -0.2) is 70.8 Å². The molecule has 0 aliphatic carbocycles. The number of carbonyl (C=O) groups excluding carboxylic acids is 1. The van der Waals surface area contributed by atoms with E-state index >= 15 is 0 Å². The Balaban J connectivity index is 1.38. The maximum Gasteiger partial charge on any atom is 0.410 e. The summed E-state index contributed by atoms with van der Waals surface area (Å²) in [6, 6.07) is 5.95. The van der Waals surface area contributed by atoms with Crippen molar-refractivity contribution in [3.05, 3.63) is 30.2 Å². The number of nitriles is 1. The average Bonchev–Trinajstić information content (AvgIpc) is 2.84. The third kappa shape index (κ3) is 5.84. The third-order valence-corrected chi connectivity index (χ3v) is 5.84. The number of nitrogens with one attached hydrogen (secondary N) is 1. The molecule has 0 atom stereocenters. The van der Waals surface area contributed by atoms with Gasteiger partial charge in [0.15, 0.2) is 11.5 Å². The van der Waals surface area contributed by atoms with Crippen molar-refractivity contribution in [1.82, 2.24) is 19.9 Å². The summed E-state index contributed by atoms with van der Waals surface area (Å²) >= 11 is 0. The second kappa shape index (κ2) is 10.1. The van der Waals surface area contributed by atoms with Crippen LogP contribution in [0.25, 0.3) is 0 Å². The Morgan fingerprint density at radius 1 is 1.00 bits per heavy atom. The quantitative estimate of drug-likeness (QED) is 0.726. The first-order valence-corrected chi connectivity index (χ1v) is 11.8. The van der Waals surface area contributed by atoms with E-state index in [0.29, 0.717) is 37.8 Å². The number of amides is 1. The number of pyridine rings is 1. The lowest BCUT2D eigenvalue weighted by molar-refractivity contribution is 0.0240. The van der Waals surface area contributed by atoms with Crippen molar-refractivity contribution in [2.75, 3.05) is 54.4 Å². The van der Waals surface area contributed by atoms with E-state index < -0.39 is 5.60 Å². The Morgan fingerprint density at radius 3 is 2.35 bits per heavy atom. The molecule has 2 saturated heterocycles. The van der Waals surface area contributed by atoms with Gasteiger partial charge in [-0.15, -0.1) is 0 Å². The molecule has 2 aliphatic heterocycles. The van der Waals surface area contributed by atoms with Gasteiger partial charge >= 0.3 is 6.09 Å². The van der Waals surface area contributed by atoms with Crippen LogP contribution in [0, 0.1) is 11.3 Å². The van der Waals surface area contributed by atoms with Gasteiger partial charge in [0.25, 0.3) is 0 Å². The van der Waals surface area contributed by atoms with Crippen LogP contribution in [0.15, 0.2) is 24.5 Å². The highest BCUT2D eigenvalue weighted by Crippen LogP contribution is 2.24. The third-order valence-electron chi connectivity index (χ3n) is 5.84. The molecule has 1 amide bonds. The second-order valence-electron chi connectivity index (χ2n) is 9.57. The highest BCUT2D eigenvalue weighted by Gasteiger charge is 2.26. The number of anilines is 4. The Morgan fingerprint density at radius 2 is 1.74 bits per heavy atom. The van der Waals surface area contributed by atoms with Crippen LogP contribution < -0.4 is 15.1 Å². The van der Waals surface area contributed by atoms with E-state index in [0.717, 1.165) is 37.4 Å². The number of rotatable bonds is 4. The summed E-state index contributed by atoms with van der Waals surface area (Å²) in [6.07, 6.45) is 6.70. The maximum atomic E-state index is 12.3. The molecule has 2 fully saturated rings. The first kappa shape index (κ1) is 23.5. The van der Waals surface area contributed by atoms with Crippen molar-refractivity contribution in [2.45, 2.75) is 45.6 Å². The zero-order valence-corrected chi connectivity index (χ0v) is 20.1. The molecule has 2 aromatic rings. The minimum absolute atomic E-state index is 0.241. The summed E-state index contributed by atoms with van der Waals surface area (Å²) in [4.78, 5) is 31.9. The normalized spacial score (nSPS) is 16.7. The average molecular weight is 465 g/mol. The molecule has 10 heteroatoms. The molecule has 0 aromatic carbocycles. The number of piperazine rings is 1. The SMILES string of the molecule is CC(C)(C)OC(=O)N1CCN(c2ccc(Nc3nc(N4CCCCC4)cnc3C#N)nc2)CC1. The summed E-state index contributed by atoms with van der Waals surface area (Å²) in [6.45, 7) is 10.1. The number of hydrogen-bond acceptors (Lipinski definition) is 9. The predicted octanol–water partition coefficient (Wildman–Crippen LogP) is 3.53. The van der Waals surface area contributed by atoms with Gasteiger partial charge in [0, 0.05) is 39.3 Å². The zero-order valence-electron chi connectivity index (χ0n) is 20.1. The molecule has 0 radical (unpaired) electrons. The minimum atomic E-state index is -0.496. The minimum Gasteiger partial charge on any atom is -0.444 e. The van der Waals surface area contributed by atoms with Gasteiger partial charge in [0.2, 0.25) is 0 Å². The van der Waals surface area contributed by atoms with Crippen LogP contribution in [0.5, 0.6) is 0 Å². The molecule has 0 saturated carbocycles. The van der Waals surface area contributed by atoms with Gasteiger partial charge in [0.1, 0.15) is 23.3 Å². The molecular weight excluding hydrogens is 432 g/mol. The summed E-state index contributed by atoms with van der Waals surface area (Å²) < 4.78 is 5.47. The van der Waals surface area contributed by atoms with Crippen molar-refractivity contribution in [2.24, 2.45) is 0 Å². The van der Waals surface area contributed by atoms with E-state index in [-0.39, 0.29) is 11.8 Å². The summed E-state index contributed by atoms with van der Waals surface area (Å²) in [5.41, 5.74) is 0.720. The van der Waals surface area contributed by atoms with E-state index in [4.69, 9.17) is 4.74 Å². The summed E-state index contributed by atoms with van der Waals surface area (Å²) in [5.74, 6) is 1.79. The molecular formula is C24H32N8O2. The van der Waals surface area contributed by atoms with Crippen molar-refractivity contribution < 1.29 is 9.53 Å². The van der Waals surface area contributed by atoms with Crippen molar-refractivity contribution >= 4 is 29.2 Å². The lowest BCUT2D eigenvalue weighted by Crippen LogP contribution is -2.50. The summed E-state index contributed by atoms with van der Waals surface area (Å²) in [7, 11) is 0. The van der Waals surface area contributed by atoms with Crippen molar-refractivity contribution in [3.8, 4) is 6.07 Å². The molecule has 0 bridgehead atoms. The standard InChI is InChI=1S/C24H32N8O2/c1-24(2,3)34-23(33)32-13-11-30(12-14-32)18-7-8-20(27-16-18)28-22-19(15-25)26-17-21(29-22)31-9-5-4-6-10-31/h7-8,16-17H,4-6,9-14H2,1-3H3,(H,27,28,29). The zero-order chi connectivity index (χ0) is 24.1. The molecule has 180 valence electrons. The van der Waals surface area contributed by atoms with E-state index in [1.807, 2.05) is 32.9 Å². The molecule has 0 spiro atoms. The Labute approximate surface area is 200 Å². The Bertz CT molecular complexity index is 1030. The molecule has 4 rings (SSSR count). The monoisotopic (exact) mass is 464 g/mol. The molecule has 4 heterocycles. The van der Waals surface area contributed by atoms with Crippen LogP contribution >= 0.6 is 0 Å². The highest BCUT2D eigenvalue weighted by atomic mass is 16.6. The number of ether oxygens (including phenoxy) is 1. The first-order valence-electron chi connectivity index (χ1n) is 11.8. The van der Waals surface area contributed by atoms with Crippen molar-refractivity contribution in [3.63, 3.8) is 0 Å². The van der Waals surface area contributed by atoms with Crippen LogP contribution in [0.1, 0.15) is 45.7 Å². The lowest BCUT2D eigenvalue weighted by Gasteiger charge is -2.36. The first-order chi connectivity index (χ1) is 16.3. The van der Waals surface area contributed by atoms with Gasteiger partial charge in [-0.1, -0.05) is 0 Å². The van der Waals surface area contributed by atoms with Gasteiger partial charge in [-0.3, -0.25) is 0 Å². The lowest BCUT2D eigenvalue weighted by atomic mass is 10.1. The highest BCUT2D eigenvalue weighted by molar-refractivity contribution is 5.69. The fourth-order valence-electron chi connectivity index (χ4n) is 4.07. The number of nitrogens with zero attached hydrogens (tertiary/aromatic N) is 7. The van der Waals surface area contributed by atoms with Crippen LogP contribution in [0.2, 0.25) is 0 Å².